The normalized spacial score (nSPS) is 15.8. The number of nitrogens with zero attached hydrogens (tertiary/aromatic N) is 1. The second-order valence-electron chi connectivity index (χ2n) is 6.61. The molecular formula is C20H22ClNOS2. The molecule has 3 rings (SSSR count). The summed E-state index contributed by atoms with van der Waals surface area (Å²) in [5.74, 6) is 0.730. The summed E-state index contributed by atoms with van der Waals surface area (Å²) < 4.78 is 5.92. The van der Waals surface area contributed by atoms with E-state index in [9.17, 15) is 0 Å². The van der Waals surface area contributed by atoms with Gasteiger partial charge in [0.2, 0.25) is 5.90 Å². The Labute approximate surface area is 163 Å². The molecule has 2 aromatic carbocycles. The van der Waals surface area contributed by atoms with E-state index in [-0.39, 0.29) is 5.54 Å². The Morgan fingerprint density at radius 2 is 1.88 bits per heavy atom. The Morgan fingerprint density at radius 1 is 1.12 bits per heavy atom. The van der Waals surface area contributed by atoms with Gasteiger partial charge in [-0.3, -0.25) is 0 Å². The van der Waals surface area contributed by atoms with Gasteiger partial charge >= 0.3 is 0 Å². The lowest BCUT2D eigenvalue weighted by atomic mass is 9.99. The summed E-state index contributed by atoms with van der Waals surface area (Å²) in [7, 11) is 0. The first-order chi connectivity index (χ1) is 11.9. The Hall–Kier alpha value is -1.10. The van der Waals surface area contributed by atoms with E-state index in [1.165, 1.54) is 16.0 Å². The molecule has 2 aromatic rings. The van der Waals surface area contributed by atoms with Crippen molar-refractivity contribution >= 4 is 41.0 Å². The smallest absolute Gasteiger partial charge is 0.217 e. The summed E-state index contributed by atoms with van der Waals surface area (Å²) in [6, 6.07) is 12.5. The minimum Gasteiger partial charge on any atom is -0.475 e. The Kier molecular flexibility index (Phi) is 5.71. The molecule has 5 heteroatoms. The average molecular weight is 392 g/mol. The number of ether oxygens (including phenoxy) is 1. The van der Waals surface area contributed by atoms with E-state index in [1.54, 1.807) is 23.5 Å². The Morgan fingerprint density at radius 3 is 2.52 bits per heavy atom. The standard InChI is InChI=1S/C20H22ClNOS2/c1-20(2)12-23-19(22-20)14-9-10-16(21)18(25-4)15(14)11-13-7-5-6-8-17(13)24-3/h5-10H,11-12H2,1-4H3. The van der Waals surface area contributed by atoms with Crippen molar-refractivity contribution < 1.29 is 4.74 Å². The van der Waals surface area contributed by atoms with Crippen LogP contribution in [-0.4, -0.2) is 30.6 Å². The molecule has 0 atom stereocenters. The highest BCUT2D eigenvalue weighted by Gasteiger charge is 2.29. The molecule has 0 saturated heterocycles. The maximum absolute atomic E-state index is 6.50. The van der Waals surface area contributed by atoms with E-state index in [2.05, 4.69) is 50.6 Å². The van der Waals surface area contributed by atoms with Gasteiger partial charge in [0.15, 0.2) is 0 Å². The van der Waals surface area contributed by atoms with E-state index in [0.717, 1.165) is 27.8 Å². The van der Waals surface area contributed by atoms with Crippen LogP contribution in [-0.2, 0) is 11.2 Å². The van der Waals surface area contributed by atoms with Crippen LogP contribution in [0.5, 0.6) is 0 Å². The largest absolute Gasteiger partial charge is 0.475 e. The summed E-state index contributed by atoms with van der Waals surface area (Å²) in [5.41, 5.74) is 3.36. The molecule has 0 aromatic heterocycles. The predicted octanol–water partition coefficient (Wildman–Crippen LogP) is 5.93. The van der Waals surface area contributed by atoms with Crippen molar-refractivity contribution in [3.8, 4) is 0 Å². The third-order valence-corrected chi connectivity index (χ3v) is 6.31. The molecule has 0 bridgehead atoms. The molecule has 0 aliphatic carbocycles. The van der Waals surface area contributed by atoms with Gasteiger partial charge in [-0.15, -0.1) is 23.5 Å². The van der Waals surface area contributed by atoms with E-state index in [1.807, 2.05) is 12.1 Å². The lowest BCUT2D eigenvalue weighted by molar-refractivity contribution is 0.279. The molecule has 2 nitrogen and oxygen atoms in total. The van der Waals surface area contributed by atoms with Crippen LogP contribution in [0.4, 0.5) is 0 Å². The van der Waals surface area contributed by atoms with Crippen LogP contribution in [0.15, 0.2) is 51.2 Å². The van der Waals surface area contributed by atoms with Crippen LogP contribution in [0.2, 0.25) is 5.02 Å². The highest BCUT2D eigenvalue weighted by Crippen LogP contribution is 2.36. The van der Waals surface area contributed by atoms with E-state index in [0.29, 0.717) is 6.61 Å². The van der Waals surface area contributed by atoms with Gasteiger partial charge in [-0.25, -0.2) is 4.99 Å². The van der Waals surface area contributed by atoms with Crippen molar-refractivity contribution in [3.63, 3.8) is 0 Å². The fraction of sp³-hybridized carbons (Fsp3) is 0.350. The van der Waals surface area contributed by atoms with E-state index < -0.39 is 0 Å². The van der Waals surface area contributed by atoms with Crippen LogP contribution in [0.1, 0.15) is 30.5 Å². The van der Waals surface area contributed by atoms with Crippen molar-refractivity contribution in [2.24, 2.45) is 4.99 Å². The molecule has 0 spiro atoms. The van der Waals surface area contributed by atoms with Crippen molar-refractivity contribution in [1.29, 1.82) is 0 Å². The third-order valence-electron chi connectivity index (χ3n) is 4.17. The molecule has 0 radical (unpaired) electrons. The number of aliphatic imine (C=N–C) groups is 1. The number of rotatable bonds is 5. The molecule has 132 valence electrons. The Bertz CT molecular complexity index is 817. The van der Waals surface area contributed by atoms with E-state index in [4.69, 9.17) is 21.3 Å². The first kappa shape index (κ1) is 18.7. The molecule has 0 amide bonds. The molecule has 0 saturated carbocycles. The fourth-order valence-corrected chi connectivity index (χ4v) is 4.67. The molecule has 0 N–H and O–H groups in total. The van der Waals surface area contributed by atoms with E-state index >= 15 is 0 Å². The Balaban J connectivity index is 2.12. The lowest BCUT2D eigenvalue weighted by Gasteiger charge is -2.16. The number of hydrogen-bond donors (Lipinski definition) is 0. The summed E-state index contributed by atoms with van der Waals surface area (Å²) in [5, 5.41) is 0.783. The van der Waals surface area contributed by atoms with Crippen molar-refractivity contribution in [2.75, 3.05) is 19.1 Å². The summed E-state index contributed by atoms with van der Waals surface area (Å²) in [6.45, 7) is 4.79. The fourth-order valence-electron chi connectivity index (χ4n) is 2.96. The number of benzene rings is 2. The SMILES string of the molecule is CSc1ccccc1Cc1c(C2=NC(C)(C)CO2)ccc(Cl)c1SC. The maximum Gasteiger partial charge on any atom is 0.217 e. The van der Waals surface area contributed by atoms with Crippen LogP contribution in [0.3, 0.4) is 0 Å². The summed E-state index contributed by atoms with van der Waals surface area (Å²) >= 11 is 9.94. The van der Waals surface area contributed by atoms with Gasteiger partial charge < -0.3 is 4.74 Å². The number of hydrogen-bond acceptors (Lipinski definition) is 4. The van der Waals surface area contributed by atoms with Gasteiger partial charge in [0, 0.05) is 21.8 Å². The molecule has 0 unspecified atom stereocenters. The molecule has 25 heavy (non-hydrogen) atoms. The zero-order chi connectivity index (χ0) is 18.0. The van der Waals surface area contributed by atoms with Crippen molar-refractivity contribution in [1.82, 2.24) is 0 Å². The van der Waals surface area contributed by atoms with Gasteiger partial charge in [-0.1, -0.05) is 29.8 Å². The first-order valence-corrected chi connectivity index (χ1v) is 11.0. The molecule has 0 fully saturated rings. The quantitative estimate of drug-likeness (QED) is 0.589. The maximum atomic E-state index is 6.50. The number of thioether (sulfide) groups is 2. The van der Waals surface area contributed by atoms with Crippen LogP contribution in [0, 0.1) is 0 Å². The van der Waals surface area contributed by atoms with Gasteiger partial charge in [0.05, 0.1) is 10.6 Å². The van der Waals surface area contributed by atoms with Crippen LogP contribution in [0.25, 0.3) is 0 Å². The van der Waals surface area contributed by atoms with Gasteiger partial charge in [0.1, 0.15) is 6.61 Å². The monoisotopic (exact) mass is 391 g/mol. The molecule has 1 heterocycles. The van der Waals surface area contributed by atoms with Gasteiger partial charge in [0.25, 0.3) is 0 Å². The zero-order valence-corrected chi connectivity index (χ0v) is 17.3. The first-order valence-electron chi connectivity index (χ1n) is 8.15. The second-order valence-corrected chi connectivity index (χ2v) is 8.69. The average Bonchev–Trinajstić information content (AvgIpc) is 2.95. The third kappa shape index (κ3) is 4.02. The summed E-state index contributed by atoms with van der Waals surface area (Å²) in [4.78, 5) is 7.17. The second kappa shape index (κ2) is 7.65. The lowest BCUT2D eigenvalue weighted by Crippen LogP contribution is -2.17. The van der Waals surface area contributed by atoms with Crippen molar-refractivity contribution in [2.45, 2.75) is 35.6 Å². The van der Waals surface area contributed by atoms with Crippen LogP contribution >= 0.6 is 35.1 Å². The highest BCUT2D eigenvalue weighted by molar-refractivity contribution is 7.99. The van der Waals surface area contributed by atoms with Gasteiger partial charge in [-0.05, 0) is 55.7 Å². The molecule has 1 aliphatic heterocycles. The summed E-state index contributed by atoms with van der Waals surface area (Å²) in [6.07, 6.45) is 4.99. The van der Waals surface area contributed by atoms with Gasteiger partial charge in [-0.2, -0.15) is 0 Å². The topological polar surface area (TPSA) is 21.6 Å². The zero-order valence-electron chi connectivity index (χ0n) is 14.9. The minimum atomic E-state index is -0.178. The van der Waals surface area contributed by atoms with Crippen LogP contribution < -0.4 is 0 Å². The predicted molar refractivity (Wildman–Crippen MR) is 111 cm³/mol. The number of halogens is 1. The van der Waals surface area contributed by atoms with Crippen molar-refractivity contribution in [3.05, 3.63) is 58.1 Å². The minimum absolute atomic E-state index is 0.178. The molecular weight excluding hydrogens is 370 g/mol. The molecule has 1 aliphatic rings. The highest BCUT2D eigenvalue weighted by atomic mass is 35.5.